The highest BCUT2D eigenvalue weighted by atomic mass is 35.5. The highest BCUT2D eigenvalue weighted by Gasteiger charge is 2.13. The average molecular weight is 230 g/mol. The summed E-state index contributed by atoms with van der Waals surface area (Å²) < 4.78 is 1.79. The largest absolute Gasteiger partial charge is 0.349 e. The van der Waals surface area contributed by atoms with Crippen molar-refractivity contribution in [2.75, 3.05) is 5.88 Å². The van der Waals surface area contributed by atoms with Gasteiger partial charge in [0.05, 0.1) is 12.2 Å². The first kappa shape index (κ1) is 12.0. The zero-order valence-electron chi connectivity index (χ0n) is 9.25. The number of nitrogens with one attached hydrogen (secondary N) is 1. The summed E-state index contributed by atoms with van der Waals surface area (Å²) in [4.78, 5) is 11.3. The van der Waals surface area contributed by atoms with E-state index in [1.807, 2.05) is 20.9 Å². The van der Waals surface area contributed by atoms with Crippen LogP contribution in [0.5, 0.6) is 0 Å². The SMILES string of the molecule is Cc1c(C(C)NC(=O)CCCl)cnn1C. The molecule has 5 heteroatoms. The minimum atomic E-state index is -0.0271. The zero-order valence-corrected chi connectivity index (χ0v) is 10.0. The molecule has 1 N–H and O–H groups in total. The predicted octanol–water partition coefficient (Wildman–Crippen LogP) is 1.53. The second-order valence-corrected chi connectivity index (χ2v) is 3.92. The lowest BCUT2D eigenvalue weighted by molar-refractivity contribution is -0.121. The van der Waals surface area contributed by atoms with Crippen molar-refractivity contribution < 1.29 is 4.79 Å². The maximum absolute atomic E-state index is 11.3. The van der Waals surface area contributed by atoms with Gasteiger partial charge in [-0.05, 0) is 13.8 Å². The van der Waals surface area contributed by atoms with E-state index < -0.39 is 0 Å². The maximum Gasteiger partial charge on any atom is 0.221 e. The van der Waals surface area contributed by atoms with Gasteiger partial charge in [0.1, 0.15) is 0 Å². The normalized spacial score (nSPS) is 12.5. The molecule has 0 saturated heterocycles. The Morgan fingerprint density at radius 2 is 2.40 bits per heavy atom. The molecule has 0 aliphatic heterocycles. The summed E-state index contributed by atoms with van der Waals surface area (Å²) in [5.41, 5.74) is 2.11. The summed E-state index contributed by atoms with van der Waals surface area (Å²) >= 11 is 5.48. The van der Waals surface area contributed by atoms with Gasteiger partial charge in [0.25, 0.3) is 0 Å². The van der Waals surface area contributed by atoms with Crippen LogP contribution in [0.15, 0.2) is 6.20 Å². The van der Waals surface area contributed by atoms with Gasteiger partial charge in [-0.1, -0.05) is 0 Å². The Morgan fingerprint density at radius 3 is 2.87 bits per heavy atom. The van der Waals surface area contributed by atoms with Gasteiger partial charge in [0.2, 0.25) is 5.91 Å². The van der Waals surface area contributed by atoms with Crippen molar-refractivity contribution in [3.8, 4) is 0 Å². The van der Waals surface area contributed by atoms with E-state index in [2.05, 4.69) is 10.4 Å². The van der Waals surface area contributed by atoms with Gasteiger partial charge in [-0.3, -0.25) is 9.48 Å². The quantitative estimate of drug-likeness (QED) is 0.797. The van der Waals surface area contributed by atoms with Gasteiger partial charge >= 0.3 is 0 Å². The lowest BCUT2D eigenvalue weighted by Gasteiger charge is -2.13. The van der Waals surface area contributed by atoms with E-state index in [-0.39, 0.29) is 11.9 Å². The van der Waals surface area contributed by atoms with Gasteiger partial charge in [0, 0.05) is 30.6 Å². The van der Waals surface area contributed by atoms with Crippen molar-refractivity contribution in [2.24, 2.45) is 7.05 Å². The molecule has 1 amide bonds. The Balaban J connectivity index is 2.65. The minimum Gasteiger partial charge on any atom is -0.349 e. The number of carbonyl (C=O) groups excluding carboxylic acids is 1. The van der Waals surface area contributed by atoms with E-state index >= 15 is 0 Å². The monoisotopic (exact) mass is 229 g/mol. The summed E-state index contributed by atoms with van der Waals surface area (Å²) in [6.07, 6.45) is 2.13. The van der Waals surface area contributed by atoms with Gasteiger partial charge in [-0.2, -0.15) is 5.10 Å². The van der Waals surface area contributed by atoms with Crippen LogP contribution in [0, 0.1) is 6.92 Å². The van der Waals surface area contributed by atoms with Gasteiger partial charge in [-0.15, -0.1) is 11.6 Å². The first-order valence-electron chi connectivity index (χ1n) is 4.90. The molecule has 0 saturated carbocycles. The van der Waals surface area contributed by atoms with Crippen molar-refractivity contribution in [1.82, 2.24) is 15.1 Å². The van der Waals surface area contributed by atoms with Gasteiger partial charge in [0.15, 0.2) is 0 Å². The second kappa shape index (κ2) is 5.16. The first-order chi connectivity index (χ1) is 7.06. The number of amides is 1. The number of hydrogen-bond acceptors (Lipinski definition) is 2. The van der Waals surface area contributed by atoms with Gasteiger partial charge in [-0.25, -0.2) is 0 Å². The standard InChI is InChI=1S/C10H16ClN3O/c1-7(13-10(15)4-5-11)9-6-12-14(3)8(9)2/h6-7H,4-5H2,1-3H3,(H,13,15). The fourth-order valence-electron chi connectivity index (χ4n) is 1.42. The molecular weight excluding hydrogens is 214 g/mol. The Morgan fingerprint density at radius 1 is 1.73 bits per heavy atom. The van der Waals surface area contributed by atoms with E-state index in [9.17, 15) is 4.79 Å². The van der Waals surface area contributed by atoms with Crippen LogP contribution < -0.4 is 5.32 Å². The fraction of sp³-hybridized carbons (Fsp3) is 0.600. The summed E-state index contributed by atoms with van der Waals surface area (Å²) in [7, 11) is 1.88. The molecule has 1 heterocycles. The van der Waals surface area contributed by atoms with Crippen LogP contribution in [0.25, 0.3) is 0 Å². The van der Waals surface area contributed by atoms with E-state index in [0.717, 1.165) is 11.3 Å². The molecule has 4 nitrogen and oxygen atoms in total. The molecule has 0 aliphatic carbocycles. The number of alkyl halides is 1. The third-order valence-corrected chi connectivity index (χ3v) is 2.63. The van der Waals surface area contributed by atoms with Crippen molar-refractivity contribution in [3.05, 3.63) is 17.5 Å². The number of nitrogens with zero attached hydrogens (tertiary/aromatic N) is 2. The molecule has 1 rings (SSSR count). The topological polar surface area (TPSA) is 46.9 Å². The molecule has 0 aliphatic rings. The minimum absolute atomic E-state index is 0.0191. The maximum atomic E-state index is 11.3. The second-order valence-electron chi connectivity index (χ2n) is 3.54. The first-order valence-corrected chi connectivity index (χ1v) is 5.43. The van der Waals surface area contributed by atoms with Crippen molar-refractivity contribution >= 4 is 17.5 Å². The molecule has 0 aromatic carbocycles. The molecule has 0 spiro atoms. The molecule has 84 valence electrons. The number of hydrogen-bond donors (Lipinski definition) is 1. The molecule has 1 atom stereocenters. The molecule has 0 bridgehead atoms. The molecule has 0 radical (unpaired) electrons. The van der Waals surface area contributed by atoms with E-state index in [0.29, 0.717) is 12.3 Å². The Kier molecular flexibility index (Phi) is 4.15. The Hall–Kier alpha value is -1.03. The van der Waals surface area contributed by atoms with Crippen LogP contribution >= 0.6 is 11.6 Å². The molecule has 1 aromatic rings. The van der Waals surface area contributed by atoms with Crippen LogP contribution in [0.3, 0.4) is 0 Å². The number of halogens is 1. The zero-order chi connectivity index (χ0) is 11.4. The molecular formula is C10H16ClN3O. The summed E-state index contributed by atoms with van der Waals surface area (Å²) in [6, 6.07) is -0.0191. The van der Waals surface area contributed by atoms with E-state index in [1.54, 1.807) is 10.9 Å². The highest BCUT2D eigenvalue weighted by molar-refractivity contribution is 6.18. The van der Waals surface area contributed by atoms with Crippen molar-refractivity contribution in [3.63, 3.8) is 0 Å². The summed E-state index contributed by atoms with van der Waals surface area (Å²) in [6.45, 7) is 3.92. The van der Waals surface area contributed by atoms with Crippen LogP contribution in [0.4, 0.5) is 0 Å². The van der Waals surface area contributed by atoms with Crippen LogP contribution in [0.2, 0.25) is 0 Å². The third-order valence-electron chi connectivity index (χ3n) is 2.44. The number of rotatable bonds is 4. The number of carbonyl (C=O) groups is 1. The molecule has 1 unspecified atom stereocenters. The molecule has 1 aromatic heterocycles. The smallest absolute Gasteiger partial charge is 0.221 e. The highest BCUT2D eigenvalue weighted by Crippen LogP contribution is 2.15. The summed E-state index contributed by atoms with van der Waals surface area (Å²) in [5, 5.41) is 7.00. The Bertz CT molecular complexity index is 348. The fourth-order valence-corrected chi connectivity index (χ4v) is 1.59. The number of aryl methyl sites for hydroxylation is 1. The molecule has 0 fully saturated rings. The predicted molar refractivity (Wildman–Crippen MR) is 59.8 cm³/mol. The van der Waals surface area contributed by atoms with Crippen LogP contribution in [-0.4, -0.2) is 21.6 Å². The molecule has 15 heavy (non-hydrogen) atoms. The summed E-state index contributed by atoms with van der Waals surface area (Å²) in [5.74, 6) is 0.325. The van der Waals surface area contributed by atoms with Crippen molar-refractivity contribution in [2.45, 2.75) is 26.3 Å². The number of aromatic nitrogens is 2. The van der Waals surface area contributed by atoms with Gasteiger partial charge < -0.3 is 5.32 Å². The van der Waals surface area contributed by atoms with E-state index in [1.165, 1.54) is 0 Å². The van der Waals surface area contributed by atoms with Crippen molar-refractivity contribution in [1.29, 1.82) is 0 Å². The van der Waals surface area contributed by atoms with Crippen LogP contribution in [0.1, 0.15) is 30.6 Å². The average Bonchev–Trinajstić information content (AvgIpc) is 2.48. The lowest BCUT2D eigenvalue weighted by atomic mass is 10.1. The lowest BCUT2D eigenvalue weighted by Crippen LogP contribution is -2.26. The third kappa shape index (κ3) is 2.96. The van der Waals surface area contributed by atoms with Crippen LogP contribution in [-0.2, 0) is 11.8 Å². The van der Waals surface area contributed by atoms with E-state index in [4.69, 9.17) is 11.6 Å². The Labute approximate surface area is 94.6 Å².